The highest BCUT2D eigenvalue weighted by Gasteiger charge is 3.00. The molecular formula is C21H34O6. The summed E-state index contributed by atoms with van der Waals surface area (Å²) in [6, 6.07) is 0. The van der Waals surface area contributed by atoms with Gasteiger partial charge in [0.05, 0.1) is 16.6 Å². The molecule has 5 bridgehead atoms. The Bertz CT molecular complexity index is 757. The van der Waals surface area contributed by atoms with Crippen molar-refractivity contribution in [2.24, 2.45) is 28.6 Å². The van der Waals surface area contributed by atoms with Gasteiger partial charge in [-0.2, -0.15) is 0 Å². The molecule has 0 heterocycles. The van der Waals surface area contributed by atoms with Crippen molar-refractivity contribution in [1.82, 2.24) is 0 Å². The maximum atomic E-state index is 12.2. The Kier molecular flexibility index (Phi) is 2.88. The minimum Gasteiger partial charge on any atom is -0.389 e. The van der Waals surface area contributed by atoms with E-state index >= 15 is 0 Å². The molecule has 5 rings (SSSR count). The molecule has 6 heteroatoms. The Balaban J connectivity index is 1.92. The highest BCUT2D eigenvalue weighted by atomic mass is 16.4. The Morgan fingerprint density at radius 1 is 0.889 bits per heavy atom. The molecule has 5 saturated carbocycles. The van der Waals surface area contributed by atoms with Crippen LogP contribution in [0.3, 0.4) is 0 Å². The third kappa shape index (κ3) is 1.21. The lowest BCUT2D eigenvalue weighted by molar-refractivity contribution is -0.395. The molecule has 27 heavy (non-hydrogen) atoms. The van der Waals surface area contributed by atoms with Gasteiger partial charge in [-0.1, -0.05) is 34.6 Å². The first-order valence-electron chi connectivity index (χ1n) is 10.4. The molecule has 0 amide bonds. The SMILES string of the molecule is CC(C)[C@@]1(O)C[C@@]2(O)[C@]3(C)C[C@@]4(O)CC([C@@]2(O)[C@]41C)[C@]1(O)[C@H](C)CC[C@]31O. The van der Waals surface area contributed by atoms with Gasteiger partial charge in [0.15, 0.2) is 0 Å². The van der Waals surface area contributed by atoms with E-state index in [0.29, 0.717) is 12.8 Å². The van der Waals surface area contributed by atoms with Crippen LogP contribution < -0.4 is 0 Å². The number of aliphatic hydroxyl groups is 6. The summed E-state index contributed by atoms with van der Waals surface area (Å²) in [5.41, 5.74) is -12.7. The van der Waals surface area contributed by atoms with E-state index in [-0.39, 0.29) is 31.1 Å². The molecule has 10 atom stereocenters. The first-order chi connectivity index (χ1) is 12.1. The van der Waals surface area contributed by atoms with Gasteiger partial charge in [-0.15, -0.1) is 0 Å². The van der Waals surface area contributed by atoms with Crippen molar-refractivity contribution in [1.29, 1.82) is 0 Å². The largest absolute Gasteiger partial charge is 0.389 e. The maximum absolute atomic E-state index is 12.2. The summed E-state index contributed by atoms with van der Waals surface area (Å²) in [5.74, 6) is -1.51. The Morgan fingerprint density at radius 3 is 2.04 bits per heavy atom. The van der Waals surface area contributed by atoms with Crippen LogP contribution in [0.4, 0.5) is 0 Å². The minimum absolute atomic E-state index is 0.0480. The van der Waals surface area contributed by atoms with Crippen LogP contribution in [-0.2, 0) is 0 Å². The normalized spacial score (nSPS) is 71.6. The molecule has 5 aliphatic rings. The molecule has 1 unspecified atom stereocenters. The molecular weight excluding hydrogens is 348 g/mol. The Morgan fingerprint density at radius 2 is 1.48 bits per heavy atom. The molecule has 5 fully saturated rings. The second-order valence-corrected chi connectivity index (χ2v) is 11.4. The van der Waals surface area contributed by atoms with Gasteiger partial charge < -0.3 is 30.6 Å². The van der Waals surface area contributed by atoms with Crippen molar-refractivity contribution < 1.29 is 30.6 Å². The summed E-state index contributed by atoms with van der Waals surface area (Å²) in [4.78, 5) is 0. The van der Waals surface area contributed by atoms with Crippen LogP contribution in [0, 0.1) is 28.6 Å². The number of rotatable bonds is 1. The van der Waals surface area contributed by atoms with Gasteiger partial charge in [0.25, 0.3) is 0 Å². The average molecular weight is 382 g/mol. The van der Waals surface area contributed by atoms with Crippen LogP contribution in [0.25, 0.3) is 0 Å². The lowest BCUT2D eigenvalue weighted by Gasteiger charge is -2.71. The molecule has 0 aliphatic heterocycles. The minimum atomic E-state index is -1.89. The third-order valence-electron chi connectivity index (χ3n) is 11.1. The second-order valence-electron chi connectivity index (χ2n) is 11.4. The van der Waals surface area contributed by atoms with Crippen molar-refractivity contribution in [2.75, 3.05) is 0 Å². The lowest BCUT2D eigenvalue weighted by Crippen LogP contribution is -2.86. The third-order valence-corrected chi connectivity index (χ3v) is 11.1. The zero-order valence-electron chi connectivity index (χ0n) is 17.0. The van der Waals surface area contributed by atoms with Gasteiger partial charge in [0.1, 0.15) is 22.4 Å². The van der Waals surface area contributed by atoms with Gasteiger partial charge in [0.2, 0.25) is 0 Å². The van der Waals surface area contributed by atoms with Crippen molar-refractivity contribution in [3.8, 4) is 0 Å². The van der Waals surface area contributed by atoms with Crippen LogP contribution in [0.5, 0.6) is 0 Å². The highest BCUT2D eigenvalue weighted by molar-refractivity contribution is 5.50. The highest BCUT2D eigenvalue weighted by Crippen LogP contribution is 2.87. The van der Waals surface area contributed by atoms with Crippen LogP contribution in [-0.4, -0.2) is 64.2 Å². The van der Waals surface area contributed by atoms with Crippen LogP contribution in [0.2, 0.25) is 0 Å². The summed E-state index contributed by atoms with van der Waals surface area (Å²) in [7, 11) is 0. The summed E-state index contributed by atoms with van der Waals surface area (Å²) < 4.78 is 0. The fourth-order valence-corrected chi connectivity index (χ4v) is 9.47. The fraction of sp³-hybridized carbons (Fsp3) is 1.00. The standard InChI is InChI=1S/C21H34O6/c1-11(2)17(23)10-19(25)14(4)9-16(22)8-13(21(19,27)15(16,17)5)20(26)12(3)6-7-18(14,20)24/h11-13,22-27H,6-10H2,1-5H3/t12-,13?,14-,15-,16+,17+,18+,19-,20-,21-/m1/s1. The molecule has 0 aromatic heterocycles. The fourth-order valence-electron chi connectivity index (χ4n) is 9.47. The van der Waals surface area contributed by atoms with Gasteiger partial charge in [-0.25, -0.2) is 0 Å². The monoisotopic (exact) mass is 382 g/mol. The van der Waals surface area contributed by atoms with Gasteiger partial charge in [-0.3, -0.25) is 0 Å². The van der Waals surface area contributed by atoms with Gasteiger partial charge in [-0.05, 0) is 37.5 Å². The molecule has 5 aliphatic carbocycles. The van der Waals surface area contributed by atoms with E-state index in [1.807, 2.05) is 20.8 Å². The van der Waals surface area contributed by atoms with Crippen LogP contribution in [0.15, 0.2) is 0 Å². The molecule has 6 nitrogen and oxygen atoms in total. The molecule has 0 saturated heterocycles. The molecule has 6 N–H and O–H groups in total. The van der Waals surface area contributed by atoms with Gasteiger partial charge in [0, 0.05) is 17.8 Å². The zero-order chi connectivity index (χ0) is 20.3. The maximum Gasteiger partial charge on any atom is 0.111 e. The smallest absolute Gasteiger partial charge is 0.111 e. The Labute approximate surface area is 160 Å². The van der Waals surface area contributed by atoms with Gasteiger partial charge >= 0.3 is 0 Å². The van der Waals surface area contributed by atoms with E-state index in [1.54, 1.807) is 13.8 Å². The molecule has 154 valence electrons. The Hall–Kier alpha value is -0.240. The first kappa shape index (κ1) is 18.8. The van der Waals surface area contributed by atoms with E-state index in [9.17, 15) is 30.6 Å². The number of fused-ring (bicyclic) bond motifs is 3. The van der Waals surface area contributed by atoms with Crippen molar-refractivity contribution >= 4 is 0 Å². The van der Waals surface area contributed by atoms with E-state index in [1.165, 1.54) is 0 Å². The molecule has 0 aromatic carbocycles. The molecule has 0 radical (unpaired) electrons. The summed E-state index contributed by atoms with van der Waals surface area (Å²) in [6.07, 6.45) is 0.896. The summed E-state index contributed by atoms with van der Waals surface area (Å²) >= 11 is 0. The van der Waals surface area contributed by atoms with Crippen molar-refractivity contribution in [2.45, 2.75) is 100 Å². The number of hydrogen-bond acceptors (Lipinski definition) is 6. The lowest BCUT2D eigenvalue weighted by atomic mass is 9.38. The number of hydrogen-bond donors (Lipinski definition) is 6. The quantitative estimate of drug-likeness (QED) is 0.388. The van der Waals surface area contributed by atoms with E-state index in [4.69, 9.17) is 0 Å². The van der Waals surface area contributed by atoms with E-state index in [2.05, 4.69) is 0 Å². The van der Waals surface area contributed by atoms with Crippen molar-refractivity contribution in [3.05, 3.63) is 0 Å². The van der Waals surface area contributed by atoms with Crippen molar-refractivity contribution in [3.63, 3.8) is 0 Å². The topological polar surface area (TPSA) is 121 Å². The van der Waals surface area contributed by atoms with Crippen LogP contribution >= 0.6 is 0 Å². The second kappa shape index (κ2) is 4.14. The zero-order valence-corrected chi connectivity index (χ0v) is 17.0. The molecule has 0 spiro atoms. The van der Waals surface area contributed by atoms with E-state index < -0.39 is 50.4 Å². The molecule has 0 aromatic rings. The summed E-state index contributed by atoms with van der Waals surface area (Å²) in [5, 5.41) is 71.9. The summed E-state index contributed by atoms with van der Waals surface area (Å²) in [6.45, 7) is 8.91. The predicted molar refractivity (Wildman–Crippen MR) is 96.5 cm³/mol. The van der Waals surface area contributed by atoms with Crippen LogP contribution in [0.1, 0.15) is 66.7 Å². The first-order valence-corrected chi connectivity index (χ1v) is 10.4. The predicted octanol–water partition coefficient (Wildman–Crippen LogP) is 0.312. The van der Waals surface area contributed by atoms with E-state index in [0.717, 1.165) is 0 Å². The average Bonchev–Trinajstić information content (AvgIpc) is 2.92.